The highest BCUT2D eigenvalue weighted by Gasteiger charge is 2.33. The second kappa shape index (κ2) is 6.10. The molecule has 0 aliphatic heterocycles. The van der Waals surface area contributed by atoms with Gasteiger partial charge in [0.15, 0.2) is 0 Å². The molecule has 1 heterocycles. The van der Waals surface area contributed by atoms with Crippen molar-refractivity contribution in [3.05, 3.63) is 17.1 Å². The lowest BCUT2D eigenvalue weighted by molar-refractivity contribution is 0.367. The van der Waals surface area contributed by atoms with Gasteiger partial charge in [-0.2, -0.15) is 4.31 Å². The van der Waals surface area contributed by atoms with Crippen molar-refractivity contribution >= 4 is 10.0 Å². The molecule has 21 heavy (non-hydrogen) atoms. The van der Waals surface area contributed by atoms with Crippen LogP contribution in [0.5, 0.6) is 0 Å². The van der Waals surface area contributed by atoms with Crippen LogP contribution >= 0.6 is 0 Å². The topological polar surface area (TPSA) is 62.6 Å². The predicted octanol–water partition coefficient (Wildman–Crippen LogP) is 2.57. The van der Waals surface area contributed by atoms with Crippen LogP contribution in [0.15, 0.2) is 9.31 Å². The van der Waals surface area contributed by atoms with Crippen LogP contribution in [0.4, 0.5) is 0 Å². The Balaban J connectivity index is 2.40. The van der Waals surface area contributed by atoms with Crippen molar-refractivity contribution in [2.75, 3.05) is 6.54 Å². The van der Waals surface area contributed by atoms with Crippen LogP contribution in [-0.4, -0.2) is 31.4 Å². The first kappa shape index (κ1) is 16.5. The maximum atomic E-state index is 13.0. The van der Waals surface area contributed by atoms with Gasteiger partial charge in [0, 0.05) is 30.7 Å². The van der Waals surface area contributed by atoms with Crippen LogP contribution < -0.4 is 5.32 Å². The fourth-order valence-electron chi connectivity index (χ4n) is 2.72. The molecule has 1 saturated carbocycles. The van der Waals surface area contributed by atoms with Gasteiger partial charge in [-0.3, -0.25) is 0 Å². The fourth-order valence-corrected chi connectivity index (χ4v) is 4.78. The summed E-state index contributed by atoms with van der Waals surface area (Å²) >= 11 is 0. The molecule has 0 unspecified atom stereocenters. The SMILES string of the molecule is CCN(C(C)C)S(=O)(=O)c1c(C)oc(C)c1CNC1CC1. The summed E-state index contributed by atoms with van der Waals surface area (Å²) in [5.41, 5.74) is 0.776. The predicted molar refractivity (Wildman–Crippen MR) is 82.7 cm³/mol. The molecule has 5 nitrogen and oxygen atoms in total. The van der Waals surface area contributed by atoms with Gasteiger partial charge in [-0.05, 0) is 40.5 Å². The van der Waals surface area contributed by atoms with Crippen molar-refractivity contribution < 1.29 is 12.8 Å². The molecule has 2 rings (SSSR count). The van der Waals surface area contributed by atoms with Crippen LogP contribution in [0.2, 0.25) is 0 Å². The standard InChI is InChI=1S/C15H26N2O3S/c1-6-17(10(2)3)21(18,19)15-12(5)20-11(4)14(15)9-16-13-7-8-13/h10,13,16H,6-9H2,1-5H3. The summed E-state index contributed by atoms with van der Waals surface area (Å²) in [5, 5.41) is 3.38. The van der Waals surface area contributed by atoms with Crippen LogP contribution in [0.1, 0.15) is 50.7 Å². The Bertz CT molecular complexity index is 601. The lowest BCUT2D eigenvalue weighted by Crippen LogP contribution is -2.37. The van der Waals surface area contributed by atoms with E-state index in [1.54, 1.807) is 6.92 Å². The Kier molecular flexibility index (Phi) is 4.80. The molecule has 6 heteroatoms. The summed E-state index contributed by atoms with van der Waals surface area (Å²) < 4.78 is 33.0. The van der Waals surface area contributed by atoms with E-state index in [2.05, 4.69) is 5.32 Å². The molecule has 120 valence electrons. The van der Waals surface area contributed by atoms with E-state index in [1.165, 1.54) is 17.1 Å². The van der Waals surface area contributed by atoms with Crippen molar-refractivity contribution in [1.82, 2.24) is 9.62 Å². The first-order chi connectivity index (χ1) is 9.78. The molecule has 1 N–H and O–H groups in total. The first-order valence-electron chi connectivity index (χ1n) is 7.63. The molecule has 1 aromatic heterocycles. The van der Waals surface area contributed by atoms with Crippen LogP contribution in [0.25, 0.3) is 0 Å². The van der Waals surface area contributed by atoms with Gasteiger partial charge in [0.1, 0.15) is 16.4 Å². The number of sulfonamides is 1. The summed E-state index contributed by atoms with van der Waals surface area (Å²) in [6, 6.07) is 0.460. The smallest absolute Gasteiger partial charge is 0.247 e. The Morgan fingerprint density at radius 1 is 1.29 bits per heavy atom. The average Bonchev–Trinajstić information content (AvgIpc) is 3.12. The van der Waals surface area contributed by atoms with Gasteiger partial charge in [-0.15, -0.1) is 0 Å². The second-order valence-corrected chi connectivity index (χ2v) is 7.81. The summed E-state index contributed by atoms with van der Waals surface area (Å²) in [7, 11) is -3.52. The number of aryl methyl sites for hydroxylation is 2. The summed E-state index contributed by atoms with van der Waals surface area (Å²) in [6.45, 7) is 10.2. The fraction of sp³-hybridized carbons (Fsp3) is 0.733. The van der Waals surface area contributed by atoms with Gasteiger partial charge in [0.2, 0.25) is 10.0 Å². The van der Waals surface area contributed by atoms with E-state index in [1.807, 2.05) is 27.7 Å². The maximum absolute atomic E-state index is 13.0. The molecule has 1 fully saturated rings. The van der Waals surface area contributed by atoms with Crippen LogP contribution in [0, 0.1) is 13.8 Å². The number of hydrogen-bond donors (Lipinski definition) is 1. The van der Waals surface area contributed by atoms with E-state index in [-0.39, 0.29) is 6.04 Å². The zero-order chi connectivity index (χ0) is 15.8. The van der Waals surface area contributed by atoms with Crippen molar-refractivity contribution in [3.63, 3.8) is 0 Å². The van der Waals surface area contributed by atoms with E-state index in [0.29, 0.717) is 35.5 Å². The summed E-state index contributed by atoms with van der Waals surface area (Å²) in [6.07, 6.45) is 2.34. The highest BCUT2D eigenvalue weighted by Crippen LogP contribution is 2.31. The monoisotopic (exact) mass is 314 g/mol. The van der Waals surface area contributed by atoms with Gasteiger partial charge in [0.25, 0.3) is 0 Å². The molecule has 1 aromatic rings. The van der Waals surface area contributed by atoms with Crippen molar-refractivity contribution in [1.29, 1.82) is 0 Å². The molecule has 0 radical (unpaired) electrons. The normalized spacial score (nSPS) is 16.1. The van der Waals surface area contributed by atoms with E-state index in [0.717, 1.165) is 5.56 Å². The number of nitrogens with zero attached hydrogens (tertiary/aromatic N) is 1. The Morgan fingerprint density at radius 3 is 2.38 bits per heavy atom. The minimum absolute atomic E-state index is 0.0705. The lowest BCUT2D eigenvalue weighted by Gasteiger charge is -2.24. The van der Waals surface area contributed by atoms with Gasteiger partial charge < -0.3 is 9.73 Å². The van der Waals surface area contributed by atoms with Crippen molar-refractivity contribution in [2.24, 2.45) is 0 Å². The lowest BCUT2D eigenvalue weighted by atomic mass is 10.2. The Hall–Kier alpha value is -0.850. The minimum Gasteiger partial charge on any atom is -0.465 e. The van der Waals surface area contributed by atoms with Crippen molar-refractivity contribution in [3.8, 4) is 0 Å². The number of rotatable bonds is 7. The van der Waals surface area contributed by atoms with Crippen LogP contribution in [-0.2, 0) is 16.6 Å². The molecule has 0 spiro atoms. The van der Waals surface area contributed by atoms with E-state index < -0.39 is 10.0 Å². The maximum Gasteiger partial charge on any atom is 0.247 e. The first-order valence-corrected chi connectivity index (χ1v) is 9.07. The highest BCUT2D eigenvalue weighted by molar-refractivity contribution is 7.89. The third kappa shape index (κ3) is 3.33. The zero-order valence-electron chi connectivity index (χ0n) is 13.6. The van der Waals surface area contributed by atoms with Gasteiger partial charge in [-0.1, -0.05) is 6.92 Å². The third-order valence-corrected chi connectivity index (χ3v) is 6.27. The highest BCUT2D eigenvalue weighted by atomic mass is 32.2. The van der Waals surface area contributed by atoms with Crippen LogP contribution in [0.3, 0.4) is 0 Å². The molecular formula is C15H26N2O3S. The summed E-state index contributed by atoms with van der Waals surface area (Å²) in [4.78, 5) is 0.351. The molecule has 0 saturated heterocycles. The molecule has 0 atom stereocenters. The van der Waals surface area contributed by atoms with Gasteiger partial charge in [0.05, 0.1) is 0 Å². The Labute approximate surface area is 127 Å². The molecule has 1 aliphatic carbocycles. The average molecular weight is 314 g/mol. The quantitative estimate of drug-likeness (QED) is 0.840. The molecular weight excluding hydrogens is 288 g/mol. The van der Waals surface area contributed by atoms with Gasteiger partial charge in [-0.25, -0.2) is 8.42 Å². The van der Waals surface area contributed by atoms with E-state index >= 15 is 0 Å². The zero-order valence-corrected chi connectivity index (χ0v) is 14.4. The second-order valence-electron chi connectivity index (χ2n) is 5.98. The number of furan rings is 1. The van der Waals surface area contributed by atoms with E-state index in [4.69, 9.17) is 4.42 Å². The Morgan fingerprint density at radius 2 is 1.90 bits per heavy atom. The molecule has 1 aliphatic rings. The molecule has 0 aromatic carbocycles. The van der Waals surface area contributed by atoms with Gasteiger partial charge >= 0.3 is 0 Å². The third-order valence-electron chi connectivity index (χ3n) is 3.92. The van der Waals surface area contributed by atoms with Crippen molar-refractivity contribution in [2.45, 2.75) is 71.0 Å². The number of nitrogens with one attached hydrogen (secondary N) is 1. The molecule has 0 bridgehead atoms. The number of hydrogen-bond acceptors (Lipinski definition) is 4. The summed E-state index contributed by atoms with van der Waals surface area (Å²) in [5.74, 6) is 1.18. The minimum atomic E-state index is -3.52. The van der Waals surface area contributed by atoms with E-state index in [9.17, 15) is 8.42 Å². The largest absolute Gasteiger partial charge is 0.465 e. The molecule has 0 amide bonds.